The molecule has 0 heterocycles. The molecule has 0 amide bonds. The molecule has 1 unspecified atom stereocenters. The molecule has 0 aromatic rings. The molecule has 2 N–H and O–H groups in total. The summed E-state index contributed by atoms with van der Waals surface area (Å²) in [5.41, 5.74) is 0.0189. The molecule has 4 rings (SSSR count). The third-order valence-corrected chi connectivity index (χ3v) is 12.1. The zero-order chi connectivity index (χ0) is 22.8. The van der Waals surface area contributed by atoms with Gasteiger partial charge in [-0.25, -0.2) is 0 Å². The predicted octanol–water partition coefficient (Wildman–Crippen LogP) is 7.22. The Labute approximate surface area is 193 Å². The van der Waals surface area contributed by atoms with Crippen LogP contribution >= 0.6 is 0 Å². The van der Waals surface area contributed by atoms with Crippen molar-refractivity contribution < 1.29 is 10.2 Å². The van der Waals surface area contributed by atoms with E-state index in [2.05, 4.69) is 41.5 Å². The maximum absolute atomic E-state index is 10.8. The molecule has 0 spiro atoms. The smallest absolute Gasteiger partial charge is 0.0642 e. The van der Waals surface area contributed by atoms with Crippen molar-refractivity contribution in [3.05, 3.63) is 0 Å². The highest BCUT2D eigenvalue weighted by Crippen LogP contribution is 2.68. The van der Waals surface area contributed by atoms with Crippen molar-refractivity contribution in [1.29, 1.82) is 0 Å². The average Bonchev–Trinajstić information content (AvgIpc) is 3.04. The van der Waals surface area contributed by atoms with E-state index >= 15 is 0 Å². The average molecular weight is 433 g/mol. The number of hydrogen-bond acceptors (Lipinski definition) is 2. The van der Waals surface area contributed by atoms with Crippen molar-refractivity contribution >= 4 is 0 Å². The maximum atomic E-state index is 10.8. The maximum Gasteiger partial charge on any atom is 0.0642 e. The van der Waals surface area contributed by atoms with E-state index in [-0.39, 0.29) is 0 Å². The molecule has 180 valence electrons. The fourth-order valence-corrected chi connectivity index (χ4v) is 9.42. The van der Waals surface area contributed by atoms with E-state index in [9.17, 15) is 10.2 Å². The fourth-order valence-electron chi connectivity index (χ4n) is 9.42. The molecule has 0 aliphatic heterocycles. The van der Waals surface area contributed by atoms with Crippen LogP contribution in [0.5, 0.6) is 0 Å². The van der Waals surface area contributed by atoms with Gasteiger partial charge in [-0.15, -0.1) is 0 Å². The SMILES string of the molecule is CC(C)[C@](C)(O)CC[C@@H](C)[C@H]1CC[C@H]2[C@@H]3CC[C@H]4C[C@@](C)(O)CCC4(C)[C@H]3CC[C@]12C. The first-order valence-corrected chi connectivity index (χ1v) is 13.7. The number of fused-ring (bicyclic) bond motifs is 5. The van der Waals surface area contributed by atoms with Gasteiger partial charge in [0.2, 0.25) is 0 Å². The molecule has 31 heavy (non-hydrogen) atoms. The van der Waals surface area contributed by atoms with Crippen LogP contribution in [-0.2, 0) is 0 Å². The van der Waals surface area contributed by atoms with E-state index in [4.69, 9.17) is 0 Å². The molecule has 4 fully saturated rings. The van der Waals surface area contributed by atoms with Gasteiger partial charge < -0.3 is 10.2 Å². The predicted molar refractivity (Wildman–Crippen MR) is 130 cm³/mol. The molecule has 2 nitrogen and oxygen atoms in total. The Balaban J connectivity index is 1.47. The molecule has 0 aromatic heterocycles. The standard InChI is InChI=1S/C29H52O2/c1-19(2)29(7,31)15-12-20(3)23-10-11-24-22-9-8-21-18-26(4,30)16-17-27(21,5)25(22)13-14-28(23,24)6/h19-25,30-31H,8-18H2,1-7H3/t20-,21+,22+,23-,24+,25+,26+,27?,28-,29-/m1/s1. The summed E-state index contributed by atoms with van der Waals surface area (Å²) in [5, 5.41) is 21.5. The third-order valence-electron chi connectivity index (χ3n) is 12.1. The van der Waals surface area contributed by atoms with Gasteiger partial charge in [-0.2, -0.15) is 0 Å². The molecule has 0 radical (unpaired) electrons. The lowest BCUT2D eigenvalue weighted by atomic mass is 9.43. The first kappa shape index (κ1) is 24.1. The van der Waals surface area contributed by atoms with Gasteiger partial charge in [-0.3, -0.25) is 0 Å². The van der Waals surface area contributed by atoms with Crippen LogP contribution < -0.4 is 0 Å². The van der Waals surface area contributed by atoms with E-state index in [1.165, 1.54) is 51.4 Å². The lowest BCUT2D eigenvalue weighted by molar-refractivity contribution is -0.148. The van der Waals surface area contributed by atoms with Crippen molar-refractivity contribution in [1.82, 2.24) is 0 Å². The summed E-state index contributed by atoms with van der Waals surface area (Å²) >= 11 is 0. The summed E-state index contributed by atoms with van der Waals surface area (Å²) in [4.78, 5) is 0. The summed E-state index contributed by atoms with van der Waals surface area (Å²) in [6.07, 6.45) is 13.8. The normalized spacial score (nSPS) is 50.3. The van der Waals surface area contributed by atoms with Crippen molar-refractivity contribution in [3.63, 3.8) is 0 Å². The van der Waals surface area contributed by atoms with Crippen molar-refractivity contribution in [2.75, 3.05) is 0 Å². The Bertz CT molecular complexity index is 651. The van der Waals surface area contributed by atoms with Crippen molar-refractivity contribution in [2.45, 2.75) is 130 Å². The molecule has 4 aliphatic carbocycles. The summed E-state index contributed by atoms with van der Waals surface area (Å²) < 4.78 is 0. The second-order valence-electron chi connectivity index (χ2n) is 14.1. The Hall–Kier alpha value is -0.0800. The number of rotatable bonds is 5. The van der Waals surface area contributed by atoms with Gasteiger partial charge in [0.1, 0.15) is 0 Å². The summed E-state index contributed by atoms with van der Waals surface area (Å²) in [6, 6.07) is 0. The topological polar surface area (TPSA) is 40.5 Å². The summed E-state index contributed by atoms with van der Waals surface area (Å²) in [6.45, 7) is 16.2. The molecule has 0 bridgehead atoms. The highest BCUT2D eigenvalue weighted by atomic mass is 16.3. The van der Waals surface area contributed by atoms with E-state index in [0.29, 0.717) is 22.7 Å². The van der Waals surface area contributed by atoms with Gasteiger partial charge in [0, 0.05) is 0 Å². The monoisotopic (exact) mass is 432 g/mol. The molecular formula is C29H52O2. The fraction of sp³-hybridized carbons (Fsp3) is 1.00. The second kappa shape index (κ2) is 8.00. The van der Waals surface area contributed by atoms with Crippen LogP contribution in [0.25, 0.3) is 0 Å². The Kier molecular flexibility index (Phi) is 6.21. The summed E-state index contributed by atoms with van der Waals surface area (Å²) in [7, 11) is 0. The van der Waals surface area contributed by atoms with Gasteiger partial charge >= 0.3 is 0 Å². The zero-order valence-electron chi connectivity index (χ0n) is 21.7. The van der Waals surface area contributed by atoms with Crippen LogP contribution in [0.2, 0.25) is 0 Å². The minimum atomic E-state index is -0.528. The third kappa shape index (κ3) is 4.05. The lowest BCUT2D eigenvalue weighted by Gasteiger charge is -2.62. The van der Waals surface area contributed by atoms with E-state index < -0.39 is 11.2 Å². The van der Waals surface area contributed by atoms with Gasteiger partial charge in [-0.05, 0) is 137 Å². The van der Waals surface area contributed by atoms with E-state index in [0.717, 1.165) is 48.9 Å². The van der Waals surface area contributed by atoms with Crippen LogP contribution in [-0.4, -0.2) is 21.4 Å². The summed E-state index contributed by atoms with van der Waals surface area (Å²) in [5.74, 6) is 5.32. The highest BCUT2D eigenvalue weighted by molar-refractivity contribution is 5.10. The van der Waals surface area contributed by atoms with Gasteiger partial charge in [-0.1, -0.05) is 34.6 Å². The van der Waals surface area contributed by atoms with Crippen LogP contribution in [0.3, 0.4) is 0 Å². The molecule has 0 saturated heterocycles. The van der Waals surface area contributed by atoms with Crippen LogP contribution in [0, 0.1) is 52.3 Å². The van der Waals surface area contributed by atoms with Crippen molar-refractivity contribution in [3.8, 4) is 0 Å². The Morgan fingerprint density at radius 1 is 0.871 bits per heavy atom. The molecular weight excluding hydrogens is 380 g/mol. The minimum Gasteiger partial charge on any atom is -0.390 e. The molecule has 4 saturated carbocycles. The largest absolute Gasteiger partial charge is 0.390 e. The highest BCUT2D eigenvalue weighted by Gasteiger charge is 2.61. The van der Waals surface area contributed by atoms with Gasteiger partial charge in [0.25, 0.3) is 0 Å². The molecule has 10 atom stereocenters. The van der Waals surface area contributed by atoms with Crippen LogP contribution in [0.15, 0.2) is 0 Å². The number of aliphatic hydroxyl groups is 2. The minimum absolute atomic E-state index is 0.328. The van der Waals surface area contributed by atoms with Gasteiger partial charge in [0.05, 0.1) is 11.2 Å². The van der Waals surface area contributed by atoms with E-state index in [1.807, 2.05) is 6.92 Å². The van der Waals surface area contributed by atoms with Crippen LogP contribution in [0.4, 0.5) is 0 Å². The molecule has 4 aliphatic rings. The quantitative estimate of drug-likeness (QED) is 0.481. The first-order chi connectivity index (χ1) is 14.3. The number of hydrogen-bond donors (Lipinski definition) is 2. The Morgan fingerprint density at radius 3 is 2.23 bits per heavy atom. The molecule has 0 aromatic carbocycles. The van der Waals surface area contributed by atoms with Crippen LogP contribution in [0.1, 0.15) is 119 Å². The zero-order valence-corrected chi connectivity index (χ0v) is 21.7. The van der Waals surface area contributed by atoms with E-state index in [1.54, 1.807) is 0 Å². The second-order valence-corrected chi connectivity index (χ2v) is 14.1. The molecule has 2 heteroatoms. The first-order valence-electron chi connectivity index (χ1n) is 13.7. The lowest BCUT2D eigenvalue weighted by Crippen LogP contribution is -2.55. The van der Waals surface area contributed by atoms with Crippen molar-refractivity contribution in [2.24, 2.45) is 52.3 Å². The Morgan fingerprint density at radius 2 is 1.55 bits per heavy atom. The van der Waals surface area contributed by atoms with Gasteiger partial charge in [0.15, 0.2) is 0 Å².